The number of rotatable bonds is 5. The van der Waals surface area contributed by atoms with Crippen molar-refractivity contribution < 1.29 is 14.1 Å². The summed E-state index contributed by atoms with van der Waals surface area (Å²) >= 11 is 6.44. The molecule has 1 aliphatic heterocycles. The second kappa shape index (κ2) is 8.32. The lowest BCUT2D eigenvalue weighted by Gasteiger charge is -2.13. The van der Waals surface area contributed by atoms with Crippen LogP contribution in [0.15, 0.2) is 57.5 Å². The molecule has 1 aliphatic rings. The van der Waals surface area contributed by atoms with Gasteiger partial charge in [0.2, 0.25) is 5.91 Å². The van der Waals surface area contributed by atoms with Gasteiger partial charge in [0, 0.05) is 6.07 Å². The molecule has 1 aromatic carbocycles. The summed E-state index contributed by atoms with van der Waals surface area (Å²) in [6.45, 7) is 3.47. The van der Waals surface area contributed by atoms with Crippen LogP contribution in [0, 0.1) is 6.92 Å². The summed E-state index contributed by atoms with van der Waals surface area (Å²) in [6, 6.07) is 11.4. The molecule has 8 heteroatoms. The number of amides is 2. The number of benzene rings is 1. The summed E-state index contributed by atoms with van der Waals surface area (Å²) in [4.78, 5) is 26.5. The first kappa shape index (κ1) is 19.1. The summed E-state index contributed by atoms with van der Waals surface area (Å²) in [5.41, 5.74) is 1.97. The molecule has 1 N–H and O–H groups in total. The minimum atomic E-state index is -0.391. The van der Waals surface area contributed by atoms with E-state index in [2.05, 4.69) is 10.5 Å². The van der Waals surface area contributed by atoms with E-state index in [1.54, 1.807) is 19.1 Å². The van der Waals surface area contributed by atoms with Crippen LogP contribution >= 0.6 is 24.0 Å². The Balaban J connectivity index is 1.67. The summed E-state index contributed by atoms with van der Waals surface area (Å²) < 4.78 is 5.25. The van der Waals surface area contributed by atoms with Gasteiger partial charge in [0.15, 0.2) is 5.82 Å². The SMILES string of the molecule is CC(/C=C1\SC(=S)N(CC(=O)Nc2cc(C)on2)C1=O)=C\c1ccccc1. The van der Waals surface area contributed by atoms with Crippen molar-refractivity contribution in [1.82, 2.24) is 10.1 Å². The third kappa shape index (κ3) is 4.93. The van der Waals surface area contributed by atoms with Gasteiger partial charge in [-0.1, -0.05) is 65.5 Å². The van der Waals surface area contributed by atoms with Gasteiger partial charge in [0.05, 0.1) is 4.91 Å². The van der Waals surface area contributed by atoms with E-state index in [0.29, 0.717) is 20.8 Å². The fourth-order valence-corrected chi connectivity index (χ4v) is 3.75. The number of hydrogen-bond donors (Lipinski definition) is 1. The minimum Gasteiger partial charge on any atom is -0.360 e. The zero-order valence-corrected chi connectivity index (χ0v) is 16.4. The molecule has 2 amide bonds. The topological polar surface area (TPSA) is 75.4 Å². The van der Waals surface area contributed by atoms with Crippen LogP contribution < -0.4 is 5.32 Å². The van der Waals surface area contributed by atoms with E-state index in [9.17, 15) is 9.59 Å². The van der Waals surface area contributed by atoms with Crippen molar-refractivity contribution in [2.75, 3.05) is 11.9 Å². The van der Waals surface area contributed by atoms with E-state index < -0.39 is 5.91 Å². The Bertz CT molecular complexity index is 948. The number of carbonyl (C=O) groups excluding carboxylic acids is 2. The average Bonchev–Trinajstić information content (AvgIpc) is 3.14. The molecule has 6 nitrogen and oxygen atoms in total. The molecule has 0 radical (unpaired) electrons. The Morgan fingerprint density at radius 1 is 1.37 bits per heavy atom. The van der Waals surface area contributed by atoms with Gasteiger partial charge in [0.25, 0.3) is 5.91 Å². The maximum Gasteiger partial charge on any atom is 0.266 e. The van der Waals surface area contributed by atoms with Crippen LogP contribution in [0.3, 0.4) is 0 Å². The summed E-state index contributed by atoms with van der Waals surface area (Å²) in [5, 5.41) is 6.28. The number of aromatic nitrogens is 1. The second-order valence-electron chi connectivity index (χ2n) is 5.94. The van der Waals surface area contributed by atoms with Crippen molar-refractivity contribution >= 4 is 52.0 Å². The number of nitrogens with one attached hydrogen (secondary N) is 1. The number of thiocarbonyl (C=S) groups is 1. The molecule has 1 saturated heterocycles. The lowest BCUT2D eigenvalue weighted by atomic mass is 10.1. The standard InChI is InChI=1S/C19H17N3O3S2/c1-12(8-14-6-4-3-5-7-14)9-15-18(24)22(19(26)27-15)11-17(23)20-16-10-13(2)25-21-16/h3-10H,11H2,1-2H3,(H,20,21,23)/b12-8+,15-9-. The molecule has 0 atom stereocenters. The number of aryl methyl sites for hydroxylation is 1. The van der Waals surface area contributed by atoms with Crippen molar-refractivity contribution in [3.05, 3.63) is 64.3 Å². The van der Waals surface area contributed by atoms with E-state index in [0.717, 1.165) is 11.1 Å². The van der Waals surface area contributed by atoms with Crippen LogP contribution in [0.2, 0.25) is 0 Å². The highest BCUT2D eigenvalue weighted by molar-refractivity contribution is 8.26. The van der Waals surface area contributed by atoms with Crippen LogP contribution in [0.25, 0.3) is 6.08 Å². The number of anilines is 1. The fourth-order valence-electron chi connectivity index (χ4n) is 2.45. The Kier molecular flexibility index (Phi) is 5.88. The number of hydrogen-bond acceptors (Lipinski definition) is 6. The van der Waals surface area contributed by atoms with Gasteiger partial charge in [-0.3, -0.25) is 14.5 Å². The number of thioether (sulfide) groups is 1. The Morgan fingerprint density at radius 3 is 2.78 bits per heavy atom. The van der Waals surface area contributed by atoms with Crippen LogP contribution in [0.5, 0.6) is 0 Å². The molecular weight excluding hydrogens is 382 g/mol. The average molecular weight is 399 g/mol. The second-order valence-corrected chi connectivity index (χ2v) is 7.61. The van der Waals surface area contributed by atoms with Crippen molar-refractivity contribution in [1.29, 1.82) is 0 Å². The zero-order chi connectivity index (χ0) is 19.4. The van der Waals surface area contributed by atoms with E-state index in [1.807, 2.05) is 43.3 Å². The van der Waals surface area contributed by atoms with Crippen LogP contribution in [-0.2, 0) is 9.59 Å². The predicted molar refractivity (Wildman–Crippen MR) is 110 cm³/mol. The van der Waals surface area contributed by atoms with Gasteiger partial charge in [0.1, 0.15) is 16.6 Å². The lowest BCUT2D eigenvalue weighted by Crippen LogP contribution is -2.36. The molecule has 0 saturated carbocycles. The van der Waals surface area contributed by atoms with E-state index in [1.165, 1.54) is 16.7 Å². The molecule has 0 spiro atoms. The summed E-state index contributed by atoms with van der Waals surface area (Å²) in [5.74, 6) is 0.217. The zero-order valence-electron chi connectivity index (χ0n) is 14.8. The number of carbonyl (C=O) groups is 2. The van der Waals surface area contributed by atoms with Gasteiger partial charge in [-0.05, 0) is 31.1 Å². The third-order valence-corrected chi connectivity index (χ3v) is 5.00. The molecule has 2 aromatic rings. The van der Waals surface area contributed by atoms with Gasteiger partial charge in [-0.2, -0.15) is 0 Å². The largest absolute Gasteiger partial charge is 0.360 e. The molecule has 1 fully saturated rings. The summed E-state index contributed by atoms with van der Waals surface area (Å²) in [6.07, 6.45) is 3.76. The highest BCUT2D eigenvalue weighted by Gasteiger charge is 2.33. The molecule has 0 aliphatic carbocycles. The number of nitrogens with zero attached hydrogens (tertiary/aromatic N) is 2. The molecular formula is C19H17N3O3S2. The quantitative estimate of drug-likeness (QED) is 0.609. The number of allylic oxidation sites excluding steroid dienone is 2. The van der Waals surface area contributed by atoms with E-state index >= 15 is 0 Å². The molecule has 3 rings (SSSR count). The van der Waals surface area contributed by atoms with Gasteiger partial charge < -0.3 is 9.84 Å². The third-order valence-electron chi connectivity index (χ3n) is 3.62. The highest BCUT2D eigenvalue weighted by atomic mass is 32.2. The molecule has 1 aromatic heterocycles. The molecule has 0 bridgehead atoms. The van der Waals surface area contributed by atoms with Gasteiger partial charge in [-0.25, -0.2) is 0 Å². The van der Waals surface area contributed by atoms with Crippen molar-refractivity contribution in [3.63, 3.8) is 0 Å². The molecule has 27 heavy (non-hydrogen) atoms. The van der Waals surface area contributed by atoms with Crippen molar-refractivity contribution in [2.24, 2.45) is 0 Å². The van der Waals surface area contributed by atoms with Gasteiger partial charge in [-0.15, -0.1) is 0 Å². The van der Waals surface area contributed by atoms with Gasteiger partial charge >= 0.3 is 0 Å². The smallest absolute Gasteiger partial charge is 0.266 e. The Labute approximate surface area is 166 Å². The fraction of sp³-hybridized carbons (Fsp3) is 0.158. The Hall–Kier alpha value is -2.71. The highest BCUT2D eigenvalue weighted by Crippen LogP contribution is 2.32. The van der Waals surface area contributed by atoms with Crippen LogP contribution in [0.4, 0.5) is 5.82 Å². The van der Waals surface area contributed by atoms with E-state index in [4.69, 9.17) is 16.7 Å². The molecule has 2 heterocycles. The van der Waals surface area contributed by atoms with Crippen molar-refractivity contribution in [3.8, 4) is 0 Å². The maximum absolute atomic E-state index is 12.6. The minimum absolute atomic E-state index is 0.171. The molecule has 0 unspecified atom stereocenters. The normalized spacial score (nSPS) is 16.3. The van der Waals surface area contributed by atoms with Crippen molar-refractivity contribution in [2.45, 2.75) is 13.8 Å². The first-order chi connectivity index (χ1) is 12.9. The van der Waals surface area contributed by atoms with E-state index in [-0.39, 0.29) is 12.5 Å². The van der Waals surface area contributed by atoms with Crippen LogP contribution in [-0.4, -0.2) is 32.7 Å². The lowest BCUT2D eigenvalue weighted by molar-refractivity contribution is -0.126. The van der Waals surface area contributed by atoms with Crippen LogP contribution in [0.1, 0.15) is 18.2 Å². The summed E-state index contributed by atoms with van der Waals surface area (Å²) in [7, 11) is 0. The monoisotopic (exact) mass is 399 g/mol. The first-order valence-electron chi connectivity index (χ1n) is 8.14. The Morgan fingerprint density at radius 2 is 2.11 bits per heavy atom. The maximum atomic E-state index is 12.6. The first-order valence-corrected chi connectivity index (χ1v) is 9.37. The molecule has 138 valence electrons. The predicted octanol–water partition coefficient (Wildman–Crippen LogP) is 3.77.